The molecule has 0 amide bonds. The Labute approximate surface area is 258 Å². The molecule has 2 aromatic carbocycles. The number of rotatable bonds is 5. The second-order valence-electron chi connectivity index (χ2n) is 12.0. The standard InChI is InChI=1S/C30H34NS.C5H8O2.Ir/c1-18(2)21-13-22(19(3)4)15-24(14-21)29-17-27-28(32-29)10-9-26(31-27)23-11-20(5)12-25(16-23)30(6,7)8;1-4(6)3-5(2)7;/h9-10,12-19H,1-8H3;3,6H,1-2H3;/q-1;;/b;4-3-;. The summed E-state index contributed by atoms with van der Waals surface area (Å²) in [6, 6.07) is 21.7. The van der Waals surface area contributed by atoms with Crippen molar-refractivity contribution in [2.75, 3.05) is 0 Å². The maximum Gasteiger partial charge on any atom is 0.155 e. The molecule has 0 saturated carbocycles. The molecule has 0 bridgehead atoms. The van der Waals surface area contributed by atoms with Crippen molar-refractivity contribution in [3.63, 3.8) is 0 Å². The third kappa shape index (κ3) is 8.96. The largest absolute Gasteiger partial charge is 0.512 e. The summed E-state index contributed by atoms with van der Waals surface area (Å²) >= 11 is 1.83. The van der Waals surface area contributed by atoms with Gasteiger partial charge in [0.05, 0.1) is 16.0 Å². The summed E-state index contributed by atoms with van der Waals surface area (Å²) in [5.74, 6) is 0.966. The fourth-order valence-electron chi connectivity index (χ4n) is 4.28. The van der Waals surface area contributed by atoms with Crippen molar-refractivity contribution >= 4 is 27.3 Å². The van der Waals surface area contributed by atoms with Crippen molar-refractivity contribution in [3.05, 3.63) is 88.7 Å². The third-order valence-corrected chi connectivity index (χ3v) is 7.67. The van der Waals surface area contributed by atoms with E-state index in [9.17, 15) is 4.79 Å². The molecule has 0 aliphatic heterocycles. The summed E-state index contributed by atoms with van der Waals surface area (Å²) < 4.78 is 1.23. The molecular weight excluding hydrogens is 691 g/mol. The number of carbonyl (C=O) groups excluding carboxylic acids is 1. The predicted molar refractivity (Wildman–Crippen MR) is 168 cm³/mol. The molecule has 0 unspecified atom stereocenters. The molecular formula is C35H42IrNO2S-. The maximum atomic E-state index is 10.0. The van der Waals surface area contributed by atoms with E-state index in [1.165, 1.54) is 51.8 Å². The fourth-order valence-corrected chi connectivity index (χ4v) is 5.27. The number of hydrogen-bond acceptors (Lipinski definition) is 4. The van der Waals surface area contributed by atoms with Crippen LogP contribution < -0.4 is 0 Å². The summed E-state index contributed by atoms with van der Waals surface area (Å²) in [5.41, 5.74) is 9.84. The van der Waals surface area contributed by atoms with Crippen LogP contribution in [0.25, 0.3) is 31.9 Å². The van der Waals surface area contributed by atoms with Gasteiger partial charge < -0.3 is 5.11 Å². The Morgan fingerprint density at radius 2 is 1.55 bits per heavy atom. The van der Waals surface area contributed by atoms with E-state index in [0.29, 0.717) is 11.8 Å². The monoisotopic (exact) mass is 733 g/mol. The predicted octanol–water partition coefficient (Wildman–Crippen LogP) is 10.3. The molecule has 0 aliphatic carbocycles. The molecule has 2 aromatic heterocycles. The van der Waals surface area contributed by atoms with Crippen LogP contribution in [0.15, 0.2) is 60.4 Å². The summed E-state index contributed by atoms with van der Waals surface area (Å²) in [4.78, 5) is 16.4. The van der Waals surface area contributed by atoms with Gasteiger partial charge in [0.1, 0.15) is 0 Å². The van der Waals surface area contributed by atoms with Gasteiger partial charge in [0.15, 0.2) is 5.78 Å². The van der Waals surface area contributed by atoms with Crippen molar-refractivity contribution in [1.29, 1.82) is 0 Å². The Morgan fingerprint density at radius 3 is 2.02 bits per heavy atom. The number of carbonyl (C=O) groups is 1. The van der Waals surface area contributed by atoms with E-state index in [1.54, 1.807) is 0 Å². The van der Waals surface area contributed by atoms with Gasteiger partial charge in [-0.05, 0) is 65.6 Å². The Kier molecular flexibility index (Phi) is 11.6. The number of nitrogens with zero attached hydrogens (tertiary/aromatic N) is 1. The van der Waals surface area contributed by atoms with Gasteiger partial charge in [-0.25, -0.2) is 0 Å². The number of thiophene rings is 1. The zero-order valence-electron chi connectivity index (χ0n) is 25.4. The Balaban J connectivity index is 0.000000623. The molecule has 40 heavy (non-hydrogen) atoms. The number of pyridine rings is 1. The second kappa shape index (κ2) is 13.9. The van der Waals surface area contributed by atoms with Crippen LogP contribution in [-0.2, 0) is 30.3 Å². The average molecular weight is 733 g/mol. The fraction of sp³-hybridized carbons (Fsp3) is 0.371. The minimum atomic E-state index is -0.125. The first kappa shape index (κ1) is 33.6. The van der Waals surface area contributed by atoms with Crippen LogP contribution in [0.4, 0.5) is 0 Å². The molecule has 2 heterocycles. The average Bonchev–Trinajstić information content (AvgIpc) is 3.26. The third-order valence-electron chi connectivity index (χ3n) is 6.53. The van der Waals surface area contributed by atoms with E-state index >= 15 is 0 Å². The number of allylic oxidation sites excluding steroid dienone is 2. The number of aromatic nitrogens is 1. The van der Waals surface area contributed by atoms with Crippen molar-refractivity contribution < 1.29 is 30.0 Å². The van der Waals surface area contributed by atoms with Crippen LogP contribution >= 0.6 is 11.3 Å². The molecule has 0 spiro atoms. The van der Waals surface area contributed by atoms with E-state index in [1.807, 2.05) is 11.3 Å². The SMILES string of the molecule is CC(=O)/C=C(/C)O.Cc1[c-]c(-c2ccc3sc(-c4cc(C(C)C)cc(C(C)C)c4)cc3n2)cc(C(C)(C)C)c1.[Ir]. The molecule has 3 nitrogen and oxygen atoms in total. The summed E-state index contributed by atoms with van der Waals surface area (Å²) in [5, 5.41) is 8.36. The minimum Gasteiger partial charge on any atom is -0.512 e. The van der Waals surface area contributed by atoms with E-state index in [0.717, 1.165) is 22.3 Å². The summed E-state index contributed by atoms with van der Waals surface area (Å²) in [6.45, 7) is 20.8. The first-order chi connectivity index (χ1) is 18.1. The summed E-state index contributed by atoms with van der Waals surface area (Å²) in [6.07, 6.45) is 1.17. The Morgan fingerprint density at radius 1 is 0.950 bits per heavy atom. The first-order valence-electron chi connectivity index (χ1n) is 13.6. The zero-order chi connectivity index (χ0) is 29.1. The van der Waals surface area contributed by atoms with Gasteiger partial charge >= 0.3 is 0 Å². The maximum absolute atomic E-state index is 10.0. The van der Waals surface area contributed by atoms with Crippen LogP contribution in [0.5, 0.6) is 0 Å². The van der Waals surface area contributed by atoms with Crippen molar-refractivity contribution in [2.45, 2.75) is 86.5 Å². The zero-order valence-corrected chi connectivity index (χ0v) is 28.6. The number of benzene rings is 2. The van der Waals surface area contributed by atoms with Gasteiger partial charge in [-0.2, -0.15) is 0 Å². The van der Waals surface area contributed by atoms with Gasteiger partial charge in [-0.15, -0.1) is 46.2 Å². The van der Waals surface area contributed by atoms with Crippen molar-refractivity contribution in [1.82, 2.24) is 4.98 Å². The summed E-state index contributed by atoms with van der Waals surface area (Å²) in [7, 11) is 0. The van der Waals surface area contributed by atoms with Gasteiger partial charge in [-0.3, -0.25) is 9.78 Å². The molecule has 0 atom stereocenters. The molecule has 4 aromatic rings. The molecule has 0 aliphatic rings. The number of ketones is 1. The van der Waals surface area contributed by atoms with Gasteiger partial charge in [0.2, 0.25) is 0 Å². The molecule has 1 radical (unpaired) electrons. The quantitative estimate of drug-likeness (QED) is 0.126. The molecule has 215 valence electrons. The number of aryl methyl sites for hydroxylation is 1. The number of fused-ring (bicyclic) bond motifs is 1. The van der Waals surface area contributed by atoms with Crippen LogP contribution in [0.1, 0.15) is 96.4 Å². The van der Waals surface area contributed by atoms with Gasteiger partial charge in [0, 0.05) is 31.1 Å². The van der Waals surface area contributed by atoms with Crippen molar-refractivity contribution in [3.8, 4) is 21.7 Å². The molecule has 0 fully saturated rings. The number of hydrogen-bond donors (Lipinski definition) is 1. The van der Waals surface area contributed by atoms with Crippen LogP contribution in [-0.4, -0.2) is 15.9 Å². The second-order valence-corrected chi connectivity index (χ2v) is 13.1. The Bertz CT molecular complexity index is 1480. The van der Waals surface area contributed by atoms with E-state index < -0.39 is 0 Å². The van der Waals surface area contributed by atoms with Crippen LogP contribution in [0, 0.1) is 13.0 Å². The van der Waals surface area contributed by atoms with Crippen molar-refractivity contribution in [2.24, 2.45) is 0 Å². The molecule has 4 rings (SSSR count). The molecule has 5 heteroatoms. The first-order valence-corrected chi connectivity index (χ1v) is 14.4. The topological polar surface area (TPSA) is 50.2 Å². The van der Waals surface area contributed by atoms with Gasteiger partial charge in [-0.1, -0.05) is 79.7 Å². The Hall–Kier alpha value is -2.59. The molecule has 1 N–H and O–H groups in total. The molecule has 0 saturated heterocycles. The minimum absolute atomic E-state index is 0. The normalized spacial score (nSPS) is 11.8. The van der Waals surface area contributed by atoms with E-state index in [-0.39, 0.29) is 37.1 Å². The van der Waals surface area contributed by atoms with E-state index in [4.69, 9.17) is 10.1 Å². The smallest absolute Gasteiger partial charge is 0.155 e. The number of aliphatic hydroxyl groups excluding tert-OH is 1. The number of aliphatic hydroxyl groups is 1. The van der Waals surface area contributed by atoms with Gasteiger partial charge in [0.25, 0.3) is 0 Å². The van der Waals surface area contributed by atoms with Crippen LogP contribution in [0.3, 0.4) is 0 Å². The van der Waals surface area contributed by atoms with Crippen LogP contribution in [0.2, 0.25) is 0 Å². The van der Waals surface area contributed by atoms with E-state index in [2.05, 4.69) is 110 Å².